The van der Waals surface area contributed by atoms with Crippen molar-refractivity contribution in [2.45, 2.75) is 38.5 Å². The molecule has 1 fully saturated rings. The molecule has 5 rings (SSSR count). The van der Waals surface area contributed by atoms with E-state index in [4.69, 9.17) is 4.98 Å². The molecular formula is C19H22N6S. The lowest BCUT2D eigenvalue weighted by atomic mass is 9.99. The van der Waals surface area contributed by atoms with Crippen LogP contribution in [0.3, 0.4) is 0 Å². The number of hydrogen-bond donors (Lipinski definition) is 1. The fourth-order valence-corrected chi connectivity index (χ4v) is 5.00. The summed E-state index contributed by atoms with van der Waals surface area (Å²) in [6.45, 7) is 6.66. The number of nitrogens with one attached hydrogen (secondary N) is 1. The molecule has 0 aliphatic carbocycles. The van der Waals surface area contributed by atoms with E-state index in [2.05, 4.69) is 52.4 Å². The first-order valence-corrected chi connectivity index (χ1v) is 10.0. The summed E-state index contributed by atoms with van der Waals surface area (Å²) in [6, 6.07) is 4.19. The summed E-state index contributed by atoms with van der Waals surface area (Å²) < 4.78 is 4.10. The maximum Gasteiger partial charge on any atom is 0.128 e. The number of piperidine rings is 1. The van der Waals surface area contributed by atoms with Crippen molar-refractivity contribution in [1.82, 2.24) is 29.7 Å². The molecule has 0 amide bonds. The van der Waals surface area contributed by atoms with Gasteiger partial charge < -0.3 is 9.88 Å². The Bertz CT molecular complexity index is 1070. The van der Waals surface area contributed by atoms with E-state index in [0.717, 1.165) is 29.8 Å². The minimum absolute atomic E-state index is 0.442. The van der Waals surface area contributed by atoms with E-state index in [1.165, 1.54) is 28.2 Å². The topological polar surface area (TPSA) is 60.0 Å². The van der Waals surface area contributed by atoms with Crippen LogP contribution in [0.2, 0.25) is 0 Å². The van der Waals surface area contributed by atoms with Crippen molar-refractivity contribution in [3.8, 4) is 5.69 Å². The van der Waals surface area contributed by atoms with Crippen LogP contribution in [0.1, 0.15) is 49.1 Å². The van der Waals surface area contributed by atoms with Gasteiger partial charge in [-0.25, -0.2) is 9.50 Å². The van der Waals surface area contributed by atoms with Crippen molar-refractivity contribution in [1.29, 1.82) is 0 Å². The molecule has 1 aliphatic rings. The van der Waals surface area contributed by atoms with Crippen LogP contribution in [0.15, 0.2) is 30.7 Å². The third-order valence-electron chi connectivity index (χ3n) is 5.26. The van der Waals surface area contributed by atoms with Crippen LogP contribution in [0.5, 0.6) is 0 Å². The van der Waals surface area contributed by atoms with Gasteiger partial charge in [0.2, 0.25) is 0 Å². The second-order valence-corrected chi connectivity index (χ2v) is 8.34. The Morgan fingerprint density at radius 1 is 1.19 bits per heavy atom. The van der Waals surface area contributed by atoms with Gasteiger partial charge in [0.1, 0.15) is 10.3 Å². The molecular weight excluding hydrogens is 344 g/mol. The van der Waals surface area contributed by atoms with E-state index in [-0.39, 0.29) is 0 Å². The zero-order valence-electron chi connectivity index (χ0n) is 15.0. The maximum atomic E-state index is 5.09. The summed E-state index contributed by atoms with van der Waals surface area (Å²) in [4.78, 5) is 6.33. The van der Waals surface area contributed by atoms with Crippen molar-refractivity contribution in [2.75, 3.05) is 13.1 Å². The number of nitrogens with zero attached hydrogens (tertiary/aromatic N) is 5. The molecule has 26 heavy (non-hydrogen) atoms. The van der Waals surface area contributed by atoms with Crippen LogP contribution in [0.25, 0.3) is 21.6 Å². The predicted molar refractivity (Wildman–Crippen MR) is 104 cm³/mol. The Morgan fingerprint density at radius 2 is 2.04 bits per heavy atom. The van der Waals surface area contributed by atoms with E-state index in [1.807, 2.05) is 22.0 Å². The van der Waals surface area contributed by atoms with E-state index in [1.54, 1.807) is 6.20 Å². The van der Waals surface area contributed by atoms with Gasteiger partial charge in [0.25, 0.3) is 0 Å². The van der Waals surface area contributed by atoms with Gasteiger partial charge in [0.05, 0.1) is 28.6 Å². The molecule has 0 atom stereocenters. The number of pyridine rings is 1. The number of fused-ring (bicyclic) bond motifs is 2. The van der Waals surface area contributed by atoms with Crippen molar-refractivity contribution >= 4 is 27.2 Å². The van der Waals surface area contributed by atoms with Crippen LogP contribution >= 0.6 is 11.3 Å². The molecule has 0 spiro atoms. The van der Waals surface area contributed by atoms with Gasteiger partial charge in [-0.05, 0) is 44.0 Å². The average Bonchev–Trinajstić information content (AvgIpc) is 3.36. The Hall–Kier alpha value is -2.25. The summed E-state index contributed by atoms with van der Waals surface area (Å²) >= 11 is 1.85. The van der Waals surface area contributed by atoms with Crippen LogP contribution in [-0.4, -0.2) is 37.5 Å². The fraction of sp³-hybridized carbons (Fsp3) is 0.421. The van der Waals surface area contributed by atoms with E-state index < -0.39 is 0 Å². The number of rotatable bonds is 3. The SMILES string of the molecule is CC(C)c1cn(-c2ccc3cnnn3c2)c2sc(C3CCNCC3)nc12. The first-order chi connectivity index (χ1) is 12.7. The Kier molecular flexibility index (Phi) is 3.79. The Labute approximate surface area is 155 Å². The van der Waals surface area contributed by atoms with Crippen LogP contribution < -0.4 is 5.32 Å². The minimum Gasteiger partial charge on any atom is -0.317 e. The van der Waals surface area contributed by atoms with Crippen LogP contribution in [0, 0.1) is 0 Å². The molecule has 0 unspecified atom stereocenters. The van der Waals surface area contributed by atoms with E-state index >= 15 is 0 Å². The van der Waals surface area contributed by atoms with E-state index in [0.29, 0.717) is 11.8 Å². The number of hydrogen-bond acceptors (Lipinski definition) is 5. The maximum absolute atomic E-state index is 5.09. The summed E-state index contributed by atoms with van der Waals surface area (Å²) in [6.07, 6.45) is 8.41. The van der Waals surface area contributed by atoms with Gasteiger partial charge >= 0.3 is 0 Å². The smallest absolute Gasteiger partial charge is 0.128 e. The molecule has 1 aliphatic heterocycles. The minimum atomic E-state index is 0.442. The molecule has 1 N–H and O–H groups in total. The highest BCUT2D eigenvalue weighted by atomic mass is 32.1. The lowest BCUT2D eigenvalue weighted by Crippen LogP contribution is -2.26. The molecule has 134 valence electrons. The molecule has 0 saturated carbocycles. The summed E-state index contributed by atoms with van der Waals surface area (Å²) in [5.74, 6) is 1.02. The number of aromatic nitrogens is 5. The van der Waals surface area contributed by atoms with Crippen molar-refractivity contribution < 1.29 is 0 Å². The molecule has 0 radical (unpaired) electrons. The lowest BCUT2D eigenvalue weighted by Gasteiger charge is -2.20. The first-order valence-electron chi connectivity index (χ1n) is 9.23. The molecule has 4 aromatic heterocycles. The number of thiazole rings is 1. The zero-order chi connectivity index (χ0) is 17.7. The molecule has 1 saturated heterocycles. The second-order valence-electron chi connectivity index (χ2n) is 7.33. The average molecular weight is 366 g/mol. The van der Waals surface area contributed by atoms with Crippen molar-refractivity contribution in [3.63, 3.8) is 0 Å². The van der Waals surface area contributed by atoms with Crippen molar-refractivity contribution in [2.24, 2.45) is 0 Å². The molecule has 0 bridgehead atoms. The summed E-state index contributed by atoms with van der Waals surface area (Å²) in [5, 5.41) is 12.9. The first kappa shape index (κ1) is 16.0. The standard InChI is InChI=1S/C19H22N6S/c1-12(2)16-11-24(15-4-3-14-9-21-23-25(14)10-15)19-17(16)22-18(26-19)13-5-7-20-8-6-13/h3-4,9-13,20H,5-8H2,1-2H3. The van der Waals surface area contributed by atoms with Gasteiger partial charge in [-0.2, -0.15) is 0 Å². The molecule has 7 heteroatoms. The van der Waals surface area contributed by atoms with Gasteiger partial charge in [0.15, 0.2) is 0 Å². The monoisotopic (exact) mass is 366 g/mol. The van der Waals surface area contributed by atoms with Gasteiger partial charge in [-0.15, -0.1) is 5.10 Å². The zero-order valence-corrected chi connectivity index (χ0v) is 15.8. The van der Waals surface area contributed by atoms with Gasteiger partial charge in [-0.1, -0.05) is 30.4 Å². The van der Waals surface area contributed by atoms with Crippen molar-refractivity contribution in [3.05, 3.63) is 41.3 Å². The molecule has 6 nitrogen and oxygen atoms in total. The Morgan fingerprint density at radius 3 is 2.85 bits per heavy atom. The molecule has 0 aromatic carbocycles. The highest BCUT2D eigenvalue weighted by molar-refractivity contribution is 7.18. The third-order valence-corrected chi connectivity index (χ3v) is 6.47. The lowest BCUT2D eigenvalue weighted by molar-refractivity contribution is 0.459. The fourth-order valence-electron chi connectivity index (χ4n) is 3.75. The van der Waals surface area contributed by atoms with Gasteiger partial charge in [-0.3, -0.25) is 0 Å². The quantitative estimate of drug-likeness (QED) is 0.600. The molecule has 4 aromatic rings. The van der Waals surface area contributed by atoms with Crippen LogP contribution in [0.4, 0.5) is 0 Å². The molecule has 5 heterocycles. The second kappa shape index (κ2) is 6.17. The highest BCUT2D eigenvalue weighted by Gasteiger charge is 2.23. The largest absolute Gasteiger partial charge is 0.317 e. The summed E-state index contributed by atoms with van der Waals surface area (Å²) in [5.41, 5.74) is 4.58. The summed E-state index contributed by atoms with van der Waals surface area (Å²) in [7, 11) is 0. The highest BCUT2D eigenvalue weighted by Crippen LogP contribution is 2.37. The van der Waals surface area contributed by atoms with Gasteiger partial charge in [0, 0.05) is 17.7 Å². The normalized spacial score (nSPS) is 16.3. The predicted octanol–water partition coefficient (Wildman–Crippen LogP) is 3.72. The van der Waals surface area contributed by atoms with Crippen LogP contribution in [-0.2, 0) is 0 Å². The third kappa shape index (κ3) is 2.54. The van der Waals surface area contributed by atoms with E-state index in [9.17, 15) is 0 Å². The Balaban J connectivity index is 1.67.